The molecule has 9 nitrogen and oxygen atoms in total. The Labute approximate surface area is 158 Å². The number of rotatable bonds is 3. The summed E-state index contributed by atoms with van der Waals surface area (Å²) in [5.74, 6) is -3.71. The van der Waals surface area contributed by atoms with Crippen molar-refractivity contribution in [1.82, 2.24) is 0 Å². The van der Waals surface area contributed by atoms with E-state index >= 15 is 0 Å². The number of nitrogens with zero attached hydrogens (tertiary/aromatic N) is 2. The maximum absolute atomic E-state index is 11.3. The molecule has 0 heterocycles. The first kappa shape index (κ1) is 21.1. The Morgan fingerprint density at radius 3 is 1.95 bits per heavy atom. The zero-order valence-electron chi connectivity index (χ0n) is 9.71. The Kier molecular flexibility index (Phi) is 9.03. The maximum atomic E-state index is 11.3. The van der Waals surface area contributed by atoms with Gasteiger partial charge >= 0.3 is 59.1 Å². The standard InChI is InChI=1S/C7H3BrN2O7.2Na/c8-2-1-3(9(14)15)6(11)4(7(12)13)5(2)10(16)17;;/h1,11H,(H,12,13);;/q;2*+1/p-2. The number of carboxylic acid groups (broad SMARTS) is 1. The number of carbonyl (C=O) groups is 1. The number of aromatic carboxylic acids is 1. The first-order valence-corrected chi connectivity index (χ1v) is 4.60. The van der Waals surface area contributed by atoms with Crippen molar-refractivity contribution in [2.45, 2.75) is 0 Å². The van der Waals surface area contributed by atoms with Crippen molar-refractivity contribution in [2.24, 2.45) is 0 Å². The topological polar surface area (TPSA) is 149 Å². The van der Waals surface area contributed by atoms with Crippen molar-refractivity contribution in [3.05, 3.63) is 36.3 Å². The van der Waals surface area contributed by atoms with E-state index in [-0.39, 0.29) is 59.1 Å². The van der Waals surface area contributed by atoms with Gasteiger partial charge in [-0.25, -0.2) is 0 Å². The van der Waals surface area contributed by atoms with Gasteiger partial charge in [-0.1, -0.05) is 0 Å². The Balaban J connectivity index is 0. The molecule has 0 unspecified atom stereocenters. The zero-order chi connectivity index (χ0) is 13.3. The molecule has 0 spiro atoms. The molecule has 1 aromatic carbocycles. The first-order valence-electron chi connectivity index (χ1n) is 3.81. The molecule has 1 aromatic rings. The quantitative estimate of drug-likeness (QED) is 0.299. The van der Waals surface area contributed by atoms with Gasteiger partial charge in [0.2, 0.25) is 0 Å². The van der Waals surface area contributed by atoms with Crippen LogP contribution < -0.4 is 69.3 Å². The molecule has 19 heavy (non-hydrogen) atoms. The number of carbonyl (C=O) groups excluding carboxylic acids is 1. The van der Waals surface area contributed by atoms with E-state index in [1.54, 1.807) is 0 Å². The van der Waals surface area contributed by atoms with Crippen LogP contribution in [0.25, 0.3) is 0 Å². The number of carboxylic acids is 1. The molecular formula is C7HBrN2Na2O7. The van der Waals surface area contributed by atoms with Gasteiger partial charge in [0.05, 0.1) is 21.4 Å². The summed E-state index contributed by atoms with van der Waals surface area (Å²) in [6.07, 6.45) is 0. The molecule has 12 heteroatoms. The molecule has 0 aliphatic carbocycles. The molecular weight excluding hydrogens is 350 g/mol. The van der Waals surface area contributed by atoms with E-state index in [0.29, 0.717) is 6.07 Å². The Morgan fingerprint density at radius 2 is 1.63 bits per heavy atom. The second-order valence-electron chi connectivity index (χ2n) is 2.73. The van der Waals surface area contributed by atoms with E-state index in [4.69, 9.17) is 0 Å². The van der Waals surface area contributed by atoms with Crippen LogP contribution in [0.1, 0.15) is 10.4 Å². The van der Waals surface area contributed by atoms with Crippen molar-refractivity contribution in [2.75, 3.05) is 0 Å². The average Bonchev–Trinajstić information content (AvgIpc) is 2.18. The average molecular weight is 351 g/mol. The molecule has 0 bridgehead atoms. The van der Waals surface area contributed by atoms with E-state index in [1.807, 2.05) is 0 Å². The zero-order valence-corrected chi connectivity index (χ0v) is 15.3. The molecule has 0 fully saturated rings. The van der Waals surface area contributed by atoms with Crippen LogP contribution >= 0.6 is 15.9 Å². The molecule has 0 saturated heterocycles. The fraction of sp³-hybridized carbons (Fsp3) is 0. The summed E-state index contributed by atoms with van der Waals surface area (Å²) >= 11 is 2.59. The number of benzene rings is 1. The van der Waals surface area contributed by atoms with Crippen LogP contribution in [0.3, 0.4) is 0 Å². The van der Waals surface area contributed by atoms with E-state index < -0.39 is 43.0 Å². The van der Waals surface area contributed by atoms with Gasteiger partial charge < -0.3 is 15.0 Å². The summed E-state index contributed by atoms with van der Waals surface area (Å²) in [6.45, 7) is 0. The monoisotopic (exact) mass is 350 g/mol. The molecule has 0 saturated carbocycles. The molecule has 0 amide bonds. The smallest absolute Gasteiger partial charge is 0.867 e. The summed E-state index contributed by atoms with van der Waals surface area (Å²) in [4.78, 5) is 29.3. The van der Waals surface area contributed by atoms with Crippen molar-refractivity contribution >= 4 is 33.3 Å². The number of nitro benzene ring substituents is 2. The summed E-state index contributed by atoms with van der Waals surface area (Å²) in [7, 11) is 0. The molecule has 90 valence electrons. The largest absolute Gasteiger partial charge is 1.00 e. The minimum atomic E-state index is -2.15. The summed E-state index contributed by atoms with van der Waals surface area (Å²) in [6, 6.07) is 0.576. The van der Waals surface area contributed by atoms with Crippen LogP contribution in [0.2, 0.25) is 0 Å². The third-order valence-electron chi connectivity index (χ3n) is 1.77. The Morgan fingerprint density at radius 1 is 1.16 bits per heavy atom. The second-order valence-corrected chi connectivity index (χ2v) is 3.59. The van der Waals surface area contributed by atoms with Crippen molar-refractivity contribution in [3.8, 4) is 5.75 Å². The SMILES string of the molecule is O=C([O-])c1c([O-])c([N+](=O)[O-])cc(Br)c1[N+](=O)[O-].[Na+].[Na+]. The Bertz CT molecular complexity index is 551. The predicted octanol–water partition coefficient (Wildman–Crippen LogP) is -6.29. The summed E-state index contributed by atoms with van der Waals surface area (Å²) in [5, 5.41) is 42.9. The van der Waals surface area contributed by atoms with Crippen LogP contribution in [0.4, 0.5) is 11.4 Å². The number of hydrogen-bond donors (Lipinski definition) is 0. The van der Waals surface area contributed by atoms with Gasteiger partial charge in [-0.15, -0.1) is 0 Å². The third kappa shape index (κ3) is 4.38. The molecule has 1 rings (SSSR count). The predicted molar refractivity (Wildman–Crippen MR) is 51.2 cm³/mol. The fourth-order valence-corrected chi connectivity index (χ4v) is 1.67. The normalized spacial score (nSPS) is 8.89. The van der Waals surface area contributed by atoms with Crippen LogP contribution in [0, 0.1) is 20.2 Å². The van der Waals surface area contributed by atoms with Gasteiger partial charge in [0.25, 0.3) is 11.4 Å². The molecule has 0 aliphatic heterocycles. The van der Waals surface area contributed by atoms with Gasteiger partial charge in [-0.3, -0.25) is 20.2 Å². The van der Waals surface area contributed by atoms with Gasteiger partial charge in [0, 0.05) is 6.07 Å². The van der Waals surface area contributed by atoms with Gasteiger partial charge in [0.1, 0.15) is 4.47 Å². The van der Waals surface area contributed by atoms with Gasteiger partial charge in [0.15, 0.2) is 0 Å². The molecule has 0 atom stereocenters. The Hall–Kier alpha value is -0.230. The number of nitro groups is 2. The van der Waals surface area contributed by atoms with Crippen LogP contribution in [0.15, 0.2) is 10.5 Å². The van der Waals surface area contributed by atoms with E-state index in [1.165, 1.54) is 0 Å². The van der Waals surface area contributed by atoms with E-state index in [0.717, 1.165) is 0 Å². The maximum Gasteiger partial charge on any atom is 1.00 e. The minimum Gasteiger partial charge on any atom is -0.867 e. The molecule has 0 aliphatic rings. The summed E-state index contributed by atoms with van der Waals surface area (Å²) < 4.78 is -0.479. The van der Waals surface area contributed by atoms with Gasteiger partial charge in [-0.2, -0.15) is 0 Å². The van der Waals surface area contributed by atoms with E-state index in [2.05, 4.69) is 15.9 Å². The van der Waals surface area contributed by atoms with Crippen LogP contribution in [-0.4, -0.2) is 15.8 Å². The third-order valence-corrected chi connectivity index (χ3v) is 2.37. The summed E-state index contributed by atoms with van der Waals surface area (Å²) in [5.41, 5.74) is -3.50. The minimum absolute atomic E-state index is 0. The van der Waals surface area contributed by atoms with Crippen LogP contribution in [-0.2, 0) is 0 Å². The first-order chi connectivity index (χ1) is 7.77. The van der Waals surface area contributed by atoms with Crippen molar-refractivity contribution < 1.29 is 84.0 Å². The van der Waals surface area contributed by atoms with Crippen molar-refractivity contribution in [3.63, 3.8) is 0 Å². The number of hydrogen-bond acceptors (Lipinski definition) is 7. The molecule has 0 N–H and O–H groups in total. The second kappa shape index (κ2) is 8.15. The van der Waals surface area contributed by atoms with Crippen molar-refractivity contribution in [1.29, 1.82) is 0 Å². The van der Waals surface area contributed by atoms with E-state index in [9.17, 15) is 35.2 Å². The molecule has 0 radical (unpaired) electrons. The molecule has 0 aromatic heterocycles. The van der Waals surface area contributed by atoms with Gasteiger partial charge in [-0.05, 0) is 21.7 Å². The number of halogens is 1. The fourth-order valence-electron chi connectivity index (χ4n) is 1.11. The van der Waals surface area contributed by atoms with Crippen LogP contribution in [0.5, 0.6) is 5.75 Å².